The van der Waals surface area contributed by atoms with Crippen molar-refractivity contribution in [3.8, 4) is 0 Å². The van der Waals surface area contributed by atoms with E-state index in [9.17, 15) is 65.8 Å². The average Bonchev–Trinajstić information content (AvgIpc) is 3.25. The number of hydrazine groups is 1. The van der Waals surface area contributed by atoms with Crippen molar-refractivity contribution in [1.82, 2.24) is 15.6 Å². The van der Waals surface area contributed by atoms with Gasteiger partial charge in [0.05, 0.1) is 69.4 Å². The normalized spacial score (nSPS) is 41.9. The number of amides is 1. The van der Waals surface area contributed by atoms with E-state index in [1.807, 2.05) is 0 Å². The van der Waals surface area contributed by atoms with E-state index in [-0.39, 0.29) is 5.82 Å². The van der Waals surface area contributed by atoms with Crippen molar-refractivity contribution < 1.29 is 110 Å². The third-order valence-corrected chi connectivity index (χ3v) is 11.5. The van der Waals surface area contributed by atoms with E-state index in [0.717, 1.165) is 0 Å². The number of nitrogens with one attached hydrogen (secondary N) is 2. The Morgan fingerprint density at radius 2 is 1.21 bits per heavy atom. The zero-order valence-corrected chi connectivity index (χ0v) is 32.4. The maximum Gasteiger partial charge on any atom is 0.335 e. The number of hydrogen-bond acceptors (Lipinski definition) is 22. The second-order valence-electron chi connectivity index (χ2n) is 15.3. The van der Waals surface area contributed by atoms with Gasteiger partial charge in [-0.05, 0) is 0 Å². The van der Waals surface area contributed by atoms with Gasteiger partial charge in [-0.25, -0.2) is 4.79 Å². The SMILES string of the molecule is [NH3+]C1[C@H](OC[C@H]2C(C(=O)NNc3nncc4ccccc34)O[C@@H](OC[C@@H]3C([NH3+])[C@H](O)OC(CO)[C@@H]3O)C(O)[C@H]2O)OC(CO)[C@H](O)[C@@H]1CO[C@@H]1OC(C(=O)O)[C@H](O)[C@H](O)C1O. The summed E-state index contributed by atoms with van der Waals surface area (Å²) in [5.74, 6) is -5.92. The molecule has 342 valence electrons. The maximum absolute atomic E-state index is 13.9. The first-order valence-corrected chi connectivity index (χ1v) is 19.4. The van der Waals surface area contributed by atoms with Gasteiger partial charge in [-0.3, -0.25) is 15.6 Å². The molecule has 6 rings (SSSR count). The number of aromatic nitrogens is 2. The van der Waals surface area contributed by atoms with E-state index < -0.39 is 167 Å². The summed E-state index contributed by atoms with van der Waals surface area (Å²) >= 11 is 0. The number of aliphatic hydroxyl groups excluding tert-OH is 10. The summed E-state index contributed by atoms with van der Waals surface area (Å²) in [5.41, 5.74) is 12.9. The average molecular weight is 879 g/mol. The van der Waals surface area contributed by atoms with Crippen LogP contribution in [0.4, 0.5) is 5.82 Å². The second-order valence-corrected chi connectivity index (χ2v) is 15.3. The molecule has 0 aliphatic carbocycles. The molecule has 8 unspecified atom stereocenters. The molecular formula is C35H54N6O20+2. The van der Waals surface area contributed by atoms with E-state index in [1.165, 1.54) is 6.20 Å². The van der Waals surface area contributed by atoms with E-state index in [0.29, 0.717) is 10.8 Å². The molecular weight excluding hydrogens is 824 g/mol. The van der Waals surface area contributed by atoms with E-state index >= 15 is 0 Å². The first-order chi connectivity index (χ1) is 29.1. The molecule has 20 atom stereocenters. The van der Waals surface area contributed by atoms with Crippen LogP contribution in [-0.4, -0.2) is 216 Å². The minimum absolute atomic E-state index is 0.142. The number of hydrogen-bond donors (Lipinski definition) is 15. The lowest BCUT2D eigenvalue weighted by atomic mass is 9.87. The number of quaternary nitrogens is 2. The molecule has 19 N–H and O–H groups in total. The van der Waals surface area contributed by atoms with Crippen LogP contribution in [0.1, 0.15) is 0 Å². The lowest BCUT2D eigenvalue weighted by molar-refractivity contribution is -0.501. The van der Waals surface area contributed by atoms with E-state index in [2.05, 4.69) is 32.5 Å². The van der Waals surface area contributed by atoms with Crippen LogP contribution in [0.5, 0.6) is 0 Å². The Kier molecular flexibility index (Phi) is 15.7. The minimum atomic E-state index is -1.99. The Hall–Kier alpha value is -3.46. The highest BCUT2D eigenvalue weighted by molar-refractivity contribution is 5.92. The van der Waals surface area contributed by atoms with Gasteiger partial charge in [0.2, 0.25) is 12.6 Å². The van der Waals surface area contributed by atoms with Crippen LogP contribution < -0.4 is 22.3 Å². The van der Waals surface area contributed by atoms with Gasteiger partial charge in [-0.2, -0.15) is 5.10 Å². The van der Waals surface area contributed by atoms with Crippen LogP contribution >= 0.6 is 0 Å². The minimum Gasteiger partial charge on any atom is -0.479 e. The van der Waals surface area contributed by atoms with Gasteiger partial charge in [0.25, 0.3) is 5.91 Å². The number of aliphatic hydroxyl groups is 10. The highest BCUT2D eigenvalue weighted by Crippen LogP contribution is 2.33. The Balaban J connectivity index is 1.18. The molecule has 4 aliphatic heterocycles. The van der Waals surface area contributed by atoms with Crippen LogP contribution in [0.2, 0.25) is 0 Å². The van der Waals surface area contributed by atoms with Gasteiger partial charge in [-0.1, -0.05) is 24.3 Å². The number of benzene rings is 1. The fourth-order valence-electron chi connectivity index (χ4n) is 7.71. The topological polar surface area (TPSA) is 426 Å². The van der Waals surface area contributed by atoms with Crippen molar-refractivity contribution in [3.05, 3.63) is 30.5 Å². The number of nitrogens with zero attached hydrogens (tertiary/aromatic N) is 2. The lowest BCUT2D eigenvalue weighted by Crippen LogP contribution is -2.77. The molecule has 26 nitrogen and oxygen atoms in total. The third-order valence-electron chi connectivity index (χ3n) is 11.5. The van der Waals surface area contributed by atoms with Crippen LogP contribution in [0.25, 0.3) is 10.8 Å². The quantitative estimate of drug-likeness (QED) is 0.0739. The highest BCUT2D eigenvalue weighted by Gasteiger charge is 2.53. The summed E-state index contributed by atoms with van der Waals surface area (Å²) < 4.78 is 39.4. The lowest BCUT2D eigenvalue weighted by Gasteiger charge is -2.45. The van der Waals surface area contributed by atoms with Crippen molar-refractivity contribution >= 4 is 28.5 Å². The summed E-state index contributed by atoms with van der Waals surface area (Å²) in [4.78, 5) is 25.5. The number of fused-ring (bicyclic) bond motifs is 1. The molecule has 61 heavy (non-hydrogen) atoms. The molecule has 0 spiro atoms. The van der Waals surface area contributed by atoms with E-state index in [1.54, 1.807) is 24.3 Å². The number of ether oxygens (including phenoxy) is 7. The number of anilines is 1. The number of carboxylic acids is 1. The Labute approximate surface area is 345 Å². The molecule has 4 saturated heterocycles. The molecule has 26 heteroatoms. The van der Waals surface area contributed by atoms with Crippen molar-refractivity contribution in [2.24, 2.45) is 17.8 Å². The van der Waals surface area contributed by atoms with E-state index in [4.69, 9.17) is 33.2 Å². The predicted octanol–water partition coefficient (Wildman–Crippen LogP) is -9.32. The van der Waals surface area contributed by atoms with Gasteiger partial charge in [0.15, 0.2) is 24.5 Å². The number of carbonyl (C=O) groups excluding carboxylic acids is 1. The Morgan fingerprint density at radius 3 is 1.85 bits per heavy atom. The van der Waals surface area contributed by atoms with Crippen molar-refractivity contribution in [1.29, 1.82) is 0 Å². The zero-order chi connectivity index (χ0) is 44.3. The van der Waals surface area contributed by atoms with Crippen LogP contribution in [-0.2, 0) is 42.7 Å². The van der Waals surface area contributed by atoms with Crippen LogP contribution in [0, 0.1) is 17.8 Å². The Bertz CT molecular complexity index is 1770. The summed E-state index contributed by atoms with van der Waals surface area (Å²) in [5, 5.41) is 124. The number of rotatable bonds is 15. The predicted molar refractivity (Wildman–Crippen MR) is 194 cm³/mol. The van der Waals surface area contributed by atoms with Gasteiger partial charge in [-0.15, -0.1) is 5.10 Å². The molecule has 4 fully saturated rings. The number of carbonyl (C=O) groups is 2. The van der Waals surface area contributed by atoms with Gasteiger partial charge < -0.3 is 101 Å². The fourth-order valence-corrected chi connectivity index (χ4v) is 7.71. The molecule has 1 amide bonds. The van der Waals surface area contributed by atoms with Crippen LogP contribution in [0.3, 0.4) is 0 Å². The number of aliphatic carboxylic acids is 1. The summed E-state index contributed by atoms with van der Waals surface area (Å²) in [6.07, 6.45) is -23.6. The monoisotopic (exact) mass is 878 g/mol. The standard InChI is InChI=1S/C35H52N6O20/c36-18-13(20(44)16(6-42)58-32(18)54)8-56-34-25(49)22(46)15(27(60-34)30(51)41-40-29-12-4-2-1-3-11(12)5-38-39-29)10-55-33-19(37)14(21(45)17(7-43)59-33)9-57-35-26(50)23(47)24(48)28(61-35)31(52)53/h1-5,13-28,32-35,42-50,54H,6-10,36-37H2,(H,39,40)(H,41,51)(H,52,53)/p+2/t13-,14-,15-,16?,17?,18?,19?,20-,21-,22+,23+,24-,25?,26?,27?,28?,32-,33-,34-,35-/m1/s1. The molecule has 2 aromatic rings. The Morgan fingerprint density at radius 1 is 0.656 bits per heavy atom. The zero-order valence-electron chi connectivity index (χ0n) is 32.4. The van der Waals surface area contributed by atoms with Crippen molar-refractivity contribution in [2.45, 2.75) is 104 Å². The van der Waals surface area contributed by atoms with Crippen molar-refractivity contribution in [2.75, 3.05) is 38.5 Å². The second kappa shape index (κ2) is 20.4. The van der Waals surface area contributed by atoms with Gasteiger partial charge in [0, 0.05) is 16.7 Å². The smallest absolute Gasteiger partial charge is 0.335 e. The van der Waals surface area contributed by atoms with Crippen molar-refractivity contribution in [3.63, 3.8) is 0 Å². The number of carboxylic acid groups (broad SMARTS) is 1. The summed E-state index contributed by atoms with van der Waals surface area (Å²) in [6.45, 7) is -3.02. The molecule has 0 bridgehead atoms. The molecule has 4 aliphatic rings. The first-order valence-electron chi connectivity index (χ1n) is 19.4. The molecule has 1 aromatic heterocycles. The molecule has 0 radical (unpaired) electrons. The maximum atomic E-state index is 13.9. The molecule has 1 aromatic carbocycles. The fraction of sp³-hybridized carbons (Fsp3) is 0.714. The van der Waals surface area contributed by atoms with Crippen LogP contribution in [0.15, 0.2) is 30.5 Å². The summed E-state index contributed by atoms with van der Waals surface area (Å²) in [7, 11) is 0. The largest absolute Gasteiger partial charge is 0.479 e. The highest BCUT2D eigenvalue weighted by atomic mass is 16.7. The third kappa shape index (κ3) is 10.0. The first kappa shape index (κ1) is 47.0. The summed E-state index contributed by atoms with van der Waals surface area (Å²) in [6, 6.07) is 4.92. The molecule has 0 saturated carbocycles. The molecule has 5 heterocycles. The van der Waals surface area contributed by atoms with Gasteiger partial charge in [0.1, 0.15) is 54.8 Å². The van der Waals surface area contributed by atoms with Gasteiger partial charge >= 0.3 is 5.97 Å².